The summed E-state index contributed by atoms with van der Waals surface area (Å²) in [6.45, 7) is 0.725. The summed E-state index contributed by atoms with van der Waals surface area (Å²) in [7, 11) is 1.56. The summed E-state index contributed by atoms with van der Waals surface area (Å²) in [5, 5.41) is 15.8. The minimum absolute atomic E-state index is 0.00755. The quantitative estimate of drug-likeness (QED) is 0.344. The zero-order chi connectivity index (χ0) is 19.9. The Kier molecular flexibility index (Phi) is 6.07. The van der Waals surface area contributed by atoms with Gasteiger partial charge in [0.2, 0.25) is 5.95 Å². The van der Waals surface area contributed by atoms with Crippen LogP contribution < -0.4 is 21.1 Å². The number of methoxy groups -OCH3 is 1. The van der Waals surface area contributed by atoms with Crippen LogP contribution in [0.3, 0.4) is 0 Å². The van der Waals surface area contributed by atoms with Gasteiger partial charge >= 0.3 is 0 Å². The first-order valence-electron chi connectivity index (χ1n) is 8.42. The van der Waals surface area contributed by atoms with E-state index in [0.29, 0.717) is 36.0 Å². The van der Waals surface area contributed by atoms with E-state index in [9.17, 15) is 9.50 Å². The van der Waals surface area contributed by atoms with Crippen molar-refractivity contribution < 1.29 is 19.0 Å². The molecule has 9 heteroatoms. The molecule has 3 rings (SSSR count). The second-order valence-electron chi connectivity index (χ2n) is 5.79. The van der Waals surface area contributed by atoms with Gasteiger partial charge in [-0.05, 0) is 30.3 Å². The van der Waals surface area contributed by atoms with E-state index in [1.54, 1.807) is 43.5 Å². The number of aromatic hydroxyl groups is 1. The number of rotatable bonds is 8. The van der Waals surface area contributed by atoms with Gasteiger partial charge in [-0.3, -0.25) is 0 Å². The Bertz CT molecular complexity index is 955. The van der Waals surface area contributed by atoms with Gasteiger partial charge < -0.3 is 30.9 Å². The molecule has 0 bridgehead atoms. The first kappa shape index (κ1) is 19.2. The maximum atomic E-state index is 14.0. The van der Waals surface area contributed by atoms with Crippen molar-refractivity contribution >= 4 is 28.8 Å². The third-order valence-electron chi connectivity index (χ3n) is 3.65. The van der Waals surface area contributed by atoms with Crippen LogP contribution in [0.4, 0.5) is 33.2 Å². The fraction of sp³-hybridized carbons (Fsp3) is 0.158. The third kappa shape index (κ3) is 4.98. The summed E-state index contributed by atoms with van der Waals surface area (Å²) in [5.74, 6) is -0.197. The van der Waals surface area contributed by atoms with Crippen LogP contribution in [-0.2, 0) is 4.74 Å². The second-order valence-corrected chi connectivity index (χ2v) is 5.79. The van der Waals surface area contributed by atoms with E-state index < -0.39 is 5.82 Å². The van der Waals surface area contributed by atoms with Crippen molar-refractivity contribution in [3.8, 4) is 11.5 Å². The molecule has 1 aromatic heterocycles. The zero-order valence-electron chi connectivity index (χ0n) is 15.1. The Morgan fingerprint density at radius 3 is 2.68 bits per heavy atom. The lowest BCUT2D eigenvalue weighted by molar-refractivity contribution is 0.144. The Morgan fingerprint density at radius 2 is 1.93 bits per heavy atom. The molecule has 3 aromatic rings. The van der Waals surface area contributed by atoms with Crippen LogP contribution in [0.15, 0.2) is 48.7 Å². The number of nitrogens with two attached hydrogens (primary N) is 1. The molecule has 0 atom stereocenters. The number of aromatic nitrogens is 2. The Morgan fingerprint density at radius 1 is 1.11 bits per heavy atom. The van der Waals surface area contributed by atoms with Crippen molar-refractivity contribution in [3.63, 3.8) is 0 Å². The normalized spacial score (nSPS) is 10.5. The topological polar surface area (TPSA) is 115 Å². The predicted molar refractivity (Wildman–Crippen MR) is 105 cm³/mol. The number of benzene rings is 2. The number of halogens is 1. The molecule has 8 nitrogen and oxygen atoms in total. The standard InChI is InChI=1S/C19H20FN5O3/c1-27-7-8-28-17-6-5-14(10-16(17)26)24-19-22-11-15(20)18(25-19)23-13-4-2-3-12(21)9-13/h2-6,9-11,26H,7-8,21H2,1H3,(H2,22,23,24,25). The molecule has 0 saturated carbocycles. The van der Waals surface area contributed by atoms with E-state index in [1.165, 1.54) is 6.07 Å². The molecule has 2 aromatic carbocycles. The summed E-state index contributed by atoms with van der Waals surface area (Å²) in [4.78, 5) is 8.04. The summed E-state index contributed by atoms with van der Waals surface area (Å²) in [5.41, 5.74) is 7.38. The first-order chi connectivity index (χ1) is 13.5. The van der Waals surface area contributed by atoms with Gasteiger partial charge in [-0.25, -0.2) is 9.37 Å². The highest BCUT2D eigenvalue weighted by Crippen LogP contribution is 2.30. The number of phenols is 1. The van der Waals surface area contributed by atoms with Gasteiger partial charge in [-0.1, -0.05) is 6.07 Å². The molecule has 0 aliphatic carbocycles. The number of nitrogens with one attached hydrogen (secondary N) is 2. The van der Waals surface area contributed by atoms with E-state index in [4.69, 9.17) is 15.2 Å². The fourth-order valence-corrected chi connectivity index (χ4v) is 2.35. The van der Waals surface area contributed by atoms with Gasteiger partial charge in [0.25, 0.3) is 0 Å². The fourth-order valence-electron chi connectivity index (χ4n) is 2.35. The molecule has 0 amide bonds. The van der Waals surface area contributed by atoms with E-state index in [1.807, 2.05) is 0 Å². The highest BCUT2D eigenvalue weighted by atomic mass is 19.1. The Labute approximate surface area is 161 Å². The number of hydrogen-bond acceptors (Lipinski definition) is 8. The van der Waals surface area contributed by atoms with Crippen molar-refractivity contribution in [1.82, 2.24) is 9.97 Å². The summed E-state index contributed by atoms with van der Waals surface area (Å²) < 4.78 is 24.3. The van der Waals surface area contributed by atoms with Crippen molar-refractivity contribution in [1.29, 1.82) is 0 Å². The summed E-state index contributed by atoms with van der Waals surface area (Å²) in [6, 6.07) is 11.6. The van der Waals surface area contributed by atoms with Crippen LogP contribution in [0, 0.1) is 5.82 Å². The molecule has 146 valence electrons. The SMILES string of the molecule is COCCOc1ccc(Nc2ncc(F)c(Nc3cccc(N)c3)n2)cc1O. The van der Waals surface area contributed by atoms with Gasteiger partial charge in [0.1, 0.15) is 6.61 Å². The van der Waals surface area contributed by atoms with E-state index in [0.717, 1.165) is 6.20 Å². The van der Waals surface area contributed by atoms with Gasteiger partial charge in [-0.2, -0.15) is 4.98 Å². The molecule has 0 aliphatic heterocycles. The van der Waals surface area contributed by atoms with Crippen LogP contribution in [0.1, 0.15) is 0 Å². The predicted octanol–water partition coefficient (Wildman–Crippen LogP) is 3.42. The number of nitrogens with zero attached hydrogens (tertiary/aromatic N) is 2. The van der Waals surface area contributed by atoms with Crippen molar-refractivity contribution in [2.75, 3.05) is 36.7 Å². The molecule has 28 heavy (non-hydrogen) atoms. The molecule has 0 fully saturated rings. The number of anilines is 5. The maximum absolute atomic E-state index is 14.0. The molecule has 1 heterocycles. The molecule has 0 radical (unpaired) electrons. The molecular formula is C19H20FN5O3. The molecule has 0 unspecified atom stereocenters. The lowest BCUT2D eigenvalue weighted by atomic mass is 10.3. The van der Waals surface area contributed by atoms with Crippen molar-refractivity contribution in [3.05, 3.63) is 54.5 Å². The maximum Gasteiger partial charge on any atom is 0.229 e. The van der Waals surface area contributed by atoms with Crippen LogP contribution in [0.25, 0.3) is 0 Å². The van der Waals surface area contributed by atoms with Crippen LogP contribution in [0.2, 0.25) is 0 Å². The van der Waals surface area contributed by atoms with Crippen LogP contribution in [-0.4, -0.2) is 35.4 Å². The largest absolute Gasteiger partial charge is 0.504 e. The highest BCUT2D eigenvalue weighted by molar-refractivity contribution is 5.64. The van der Waals surface area contributed by atoms with Gasteiger partial charge in [0, 0.05) is 30.2 Å². The summed E-state index contributed by atoms with van der Waals surface area (Å²) >= 11 is 0. The van der Waals surface area contributed by atoms with Crippen LogP contribution in [0.5, 0.6) is 11.5 Å². The van der Waals surface area contributed by atoms with Gasteiger partial charge in [0.05, 0.1) is 12.8 Å². The zero-order valence-corrected chi connectivity index (χ0v) is 15.1. The van der Waals surface area contributed by atoms with E-state index >= 15 is 0 Å². The molecule has 0 aliphatic rings. The van der Waals surface area contributed by atoms with Gasteiger partial charge in [-0.15, -0.1) is 0 Å². The second kappa shape index (κ2) is 8.87. The van der Waals surface area contributed by atoms with Crippen molar-refractivity contribution in [2.45, 2.75) is 0 Å². The Hall–Kier alpha value is -3.59. The minimum atomic E-state index is -0.613. The molecule has 0 saturated heterocycles. The lowest BCUT2D eigenvalue weighted by Crippen LogP contribution is -2.05. The summed E-state index contributed by atoms with van der Waals surface area (Å²) in [6.07, 6.45) is 1.05. The molecule has 5 N–H and O–H groups in total. The Balaban J connectivity index is 1.73. The van der Waals surface area contributed by atoms with Gasteiger partial charge in [0.15, 0.2) is 23.1 Å². The average Bonchev–Trinajstić information content (AvgIpc) is 2.66. The van der Waals surface area contributed by atoms with Crippen molar-refractivity contribution in [2.24, 2.45) is 0 Å². The number of hydrogen-bond donors (Lipinski definition) is 4. The lowest BCUT2D eigenvalue weighted by Gasteiger charge is -2.11. The minimum Gasteiger partial charge on any atom is -0.504 e. The van der Waals surface area contributed by atoms with Crippen LogP contribution >= 0.6 is 0 Å². The van der Waals surface area contributed by atoms with E-state index in [-0.39, 0.29) is 17.5 Å². The average molecular weight is 385 g/mol. The monoisotopic (exact) mass is 385 g/mol. The molecular weight excluding hydrogens is 365 g/mol. The number of ether oxygens (including phenoxy) is 2. The number of nitrogen functional groups attached to an aromatic ring is 1. The smallest absolute Gasteiger partial charge is 0.229 e. The number of phenolic OH excluding ortho intramolecular Hbond substituents is 1. The molecule has 0 spiro atoms. The third-order valence-corrected chi connectivity index (χ3v) is 3.65. The first-order valence-corrected chi connectivity index (χ1v) is 8.42. The highest BCUT2D eigenvalue weighted by Gasteiger charge is 2.10. The van der Waals surface area contributed by atoms with E-state index in [2.05, 4.69) is 20.6 Å².